The minimum Gasteiger partial charge on any atom is -0.369 e. The van der Waals surface area contributed by atoms with Gasteiger partial charge in [-0.3, -0.25) is 4.40 Å². The minimum atomic E-state index is 0.523. The highest BCUT2D eigenvalue weighted by Crippen LogP contribution is 2.25. The average molecular weight is 209 g/mol. The van der Waals surface area contributed by atoms with Crippen molar-refractivity contribution in [1.29, 1.82) is 0 Å². The standard InChI is InChI=1S/C13H11N3/c14-13-15-12(10-6-2-1-3-7-10)11-8-4-5-9-16(11)13/h1-9H,(H2,14,15). The molecule has 3 aromatic rings. The molecule has 2 heterocycles. The Bertz CT molecular complexity index is 626. The number of aromatic nitrogens is 2. The lowest BCUT2D eigenvalue weighted by Crippen LogP contribution is -1.92. The number of benzene rings is 1. The highest BCUT2D eigenvalue weighted by Gasteiger charge is 2.08. The van der Waals surface area contributed by atoms with Gasteiger partial charge in [-0.2, -0.15) is 0 Å². The van der Waals surface area contributed by atoms with Crippen LogP contribution in [0.25, 0.3) is 16.8 Å². The number of hydrogen-bond donors (Lipinski definition) is 1. The van der Waals surface area contributed by atoms with Gasteiger partial charge in [0.2, 0.25) is 5.95 Å². The van der Waals surface area contributed by atoms with Gasteiger partial charge in [-0.05, 0) is 12.1 Å². The summed E-state index contributed by atoms with van der Waals surface area (Å²) >= 11 is 0. The first-order chi connectivity index (χ1) is 7.86. The lowest BCUT2D eigenvalue weighted by molar-refractivity contribution is 1.17. The zero-order valence-electron chi connectivity index (χ0n) is 8.67. The van der Waals surface area contributed by atoms with Gasteiger partial charge >= 0.3 is 0 Å². The smallest absolute Gasteiger partial charge is 0.205 e. The maximum absolute atomic E-state index is 5.87. The number of nitrogens with zero attached hydrogens (tertiary/aromatic N) is 2. The van der Waals surface area contributed by atoms with Gasteiger partial charge in [-0.1, -0.05) is 36.4 Å². The van der Waals surface area contributed by atoms with Crippen LogP contribution < -0.4 is 5.73 Å². The molecule has 0 aliphatic carbocycles. The van der Waals surface area contributed by atoms with Crippen LogP contribution in [0.15, 0.2) is 54.7 Å². The van der Waals surface area contributed by atoms with Crippen LogP contribution in [0.2, 0.25) is 0 Å². The second kappa shape index (κ2) is 3.38. The highest BCUT2D eigenvalue weighted by atomic mass is 15.1. The van der Waals surface area contributed by atoms with Crippen molar-refractivity contribution in [3.05, 3.63) is 54.7 Å². The van der Waals surface area contributed by atoms with Crippen molar-refractivity contribution >= 4 is 11.5 Å². The minimum absolute atomic E-state index is 0.523. The number of pyridine rings is 1. The van der Waals surface area contributed by atoms with E-state index < -0.39 is 0 Å². The van der Waals surface area contributed by atoms with Crippen molar-refractivity contribution in [3.63, 3.8) is 0 Å². The monoisotopic (exact) mass is 209 g/mol. The van der Waals surface area contributed by atoms with E-state index in [0.717, 1.165) is 16.8 Å². The van der Waals surface area contributed by atoms with Gasteiger partial charge in [-0.25, -0.2) is 4.98 Å². The predicted octanol–water partition coefficient (Wildman–Crippen LogP) is 2.58. The zero-order chi connectivity index (χ0) is 11.0. The van der Waals surface area contributed by atoms with Crippen LogP contribution in [-0.2, 0) is 0 Å². The van der Waals surface area contributed by atoms with E-state index in [-0.39, 0.29) is 0 Å². The van der Waals surface area contributed by atoms with E-state index in [1.54, 1.807) is 0 Å². The summed E-state index contributed by atoms with van der Waals surface area (Å²) in [4.78, 5) is 4.40. The van der Waals surface area contributed by atoms with Crippen molar-refractivity contribution in [2.24, 2.45) is 0 Å². The molecule has 2 aromatic heterocycles. The number of hydrogen-bond acceptors (Lipinski definition) is 2. The molecule has 0 saturated heterocycles. The van der Waals surface area contributed by atoms with Crippen LogP contribution in [0.5, 0.6) is 0 Å². The van der Waals surface area contributed by atoms with Gasteiger partial charge in [0.15, 0.2) is 0 Å². The Labute approximate surface area is 93.2 Å². The summed E-state index contributed by atoms with van der Waals surface area (Å²) < 4.78 is 1.89. The summed E-state index contributed by atoms with van der Waals surface area (Å²) in [5, 5.41) is 0. The molecular formula is C13H11N3. The van der Waals surface area contributed by atoms with Crippen molar-refractivity contribution in [2.75, 3.05) is 5.73 Å². The van der Waals surface area contributed by atoms with Crippen LogP contribution >= 0.6 is 0 Å². The quantitative estimate of drug-likeness (QED) is 0.669. The number of anilines is 1. The van der Waals surface area contributed by atoms with Crippen molar-refractivity contribution in [1.82, 2.24) is 9.38 Å². The fourth-order valence-electron chi connectivity index (χ4n) is 1.87. The SMILES string of the molecule is Nc1nc(-c2ccccc2)c2ccccn12. The molecule has 0 aliphatic rings. The first-order valence-electron chi connectivity index (χ1n) is 5.14. The second-order valence-electron chi connectivity index (χ2n) is 3.64. The van der Waals surface area contributed by atoms with Crippen LogP contribution in [0.3, 0.4) is 0 Å². The Balaban J connectivity index is 2.33. The highest BCUT2D eigenvalue weighted by molar-refractivity contribution is 5.79. The Kier molecular flexibility index (Phi) is 1.90. The van der Waals surface area contributed by atoms with E-state index >= 15 is 0 Å². The van der Waals surface area contributed by atoms with Crippen LogP contribution in [0, 0.1) is 0 Å². The van der Waals surface area contributed by atoms with Gasteiger partial charge in [0.1, 0.15) is 0 Å². The summed E-state index contributed by atoms with van der Waals surface area (Å²) in [6, 6.07) is 16.0. The topological polar surface area (TPSA) is 43.3 Å². The molecule has 0 aliphatic heterocycles. The second-order valence-corrected chi connectivity index (χ2v) is 3.64. The molecule has 0 amide bonds. The summed E-state index contributed by atoms with van der Waals surface area (Å²) in [6.45, 7) is 0. The molecule has 3 heteroatoms. The van der Waals surface area contributed by atoms with Crippen LogP contribution in [0.1, 0.15) is 0 Å². The Morgan fingerprint density at radius 1 is 0.938 bits per heavy atom. The lowest BCUT2D eigenvalue weighted by atomic mass is 10.1. The molecule has 0 saturated carbocycles. The van der Waals surface area contributed by atoms with E-state index in [9.17, 15) is 0 Å². The molecule has 3 rings (SSSR count). The summed E-state index contributed by atoms with van der Waals surface area (Å²) in [5.74, 6) is 0.523. The van der Waals surface area contributed by atoms with Gasteiger partial charge < -0.3 is 5.73 Å². The number of nitrogens with two attached hydrogens (primary N) is 1. The number of nitrogen functional groups attached to an aromatic ring is 1. The maximum atomic E-state index is 5.87. The van der Waals surface area contributed by atoms with E-state index in [1.807, 2.05) is 59.1 Å². The third-order valence-electron chi connectivity index (χ3n) is 2.62. The molecule has 16 heavy (non-hydrogen) atoms. The third-order valence-corrected chi connectivity index (χ3v) is 2.62. The summed E-state index contributed by atoms with van der Waals surface area (Å²) in [7, 11) is 0. The van der Waals surface area contributed by atoms with Gasteiger partial charge in [0.05, 0.1) is 11.2 Å². The van der Waals surface area contributed by atoms with Crippen LogP contribution in [0.4, 0.5) is 5.95 Å². The molecule has 0 atom stereocenters. The first kappa shape index (κ1) is 8.97. The molecule has 1 aromatic carbocycles. The largest absolute Gasteiger partial charge is 0.369 e. The van der Waals surface area contributed by atoms with E-state index in [0.29, 0.717) is 5.95 Å². The number of fused-ring (bicyclic) bond motifs is 1. The molecule has 78 valence electrons. The Hall–Kier alpha value is -2.29. The van der Waals surface area contributed by atoms with Crippen molar-refractivity contribution in [3.8, 4) is 11.3 Å². The number of imidazole rings is 1. The summed E-state index contributed by atoms with van der Waals surface area (Å²) in [5.41, 5.74) is 8.92. The average Bonchev–Trinajstić information content (AvgIpc) is 2.69. The fraction of sp³-hybridized carbons (Fsp3) is 0. The summed E-state index contributed by atoms with van der Waals surface area (Å²) in [6.07, 6.45) is 1.92. The molecule has 0 spiro atoms. The molecule has 0 unspecified atom stereocenters. The van der Waals surface area contributed by atoms with E-state index in [1.165, 1.54) is 0 Å². The molecular weight excluding hydrogens is 198 g/mol. The Morgan fingerprint density at radius 2 is 1.69 bits per heavy atom. The fourth-order valence-corrected chi connectivity index (χ4v) is 1.87. The molecule has 3 nitrogen and oxygen atoms in total. The zero-order valence-corrected chi connectivity index (χ0v) is 8.67. The molecule has 0 bridgehead atoms. The lowest BCUT2D eigenvalue weighted by Gasteiger charge is -1.97. The normalized spacial score (nSPS) is 10.8. The van der Waals surface area contributed by atoms with Gasteiger partial charge in [-0.15, -0.1) is 0 Å². The third kappa shape index (κ3) is 1.26. The molecule has 0 radical (unpaired) electrons. The maximum Gasteiger partial charge on any atom is 0.205 e. The Morgan fingerprint density at radius 3 is 2.50 bits per heavy atom. The van der Waals surface area contributed by atoms with E-state index in [4.69, 9.17) is 5.73 Å². The molecule has 2 N–H and O–H groups in total. The molecule has 0 fully saturated rings. The number of rotatable bonds is 1. The predicted molar refractivity (Wildman–Crippen MR) is 65.0 cm³/mol. The van der Waals surface area contributed by atoms with Gasteiger partial charge in [0.25, 0.3) is 0 Å². The van der Waals surface area contributed by atoms with Crippen LogP contribution in [-0.4, -0.2) is 9.38 Å². The van der Waals surface area contributed by atoms with E-state index in [2.05, 4.69) is 4.98 Å². The van der Waals surface area contributed by atoms with Gasteiger partial charge in [0, 0.05) is 11.8 Å². The van der Waals surface area contributed by atoms with Crippen molar-refractivity contribution in [2.45, 2.75) is 0 Å². The first-order valence-corrected chi connectivity index (χ1v) is 5.14. The van der Waals surface area contributed by atoms with Crippen molar-refractivity contribution < 1.29 is 0 Å².